The first-order chi connectivity index (χ1) is 15.2. The third kappa shape index (κ3) is 2.66. The molecule has 1 fully saturated rings. The van der Waals surface area contributed by atoms with Gasteiger partial charge in [-0.25, -0.2) is 0 Å². The van der Waals surface area contributed by atoms with Crippen molar-refractivity contribution in [3.05, 3.63) is 58.2 Å². The second-order valence-corrected chi connectivity index (χ2v) is 8.90. The summed E-state index contributed by atoms with van der Waals surface area (Å²) >= 11 is 0. The average Bonchev–Trinajstić information content (AvgIpc) is 3.00. The fraction of sp³-hybridized carbons (Fsp3) is 0.360. The highest BCUT2D eigenvalue weighted by atomic mass is 16.5. The molecule has 164 valence electrons. The Morgan fingerprint density at radius 2 is 1.84 bits per heavy atom. The Balaban J connectivity index is 1.72. The van der Waals surface area contributed by atoms with Gasteiger partial charge in [-0.15, -0.1) is 0 Å². The molecule has 4 atom stereocenters. The summed E-state index contributed by atoms with van der Waals surface area (Å²) in [5, 5.41) is 10.1. The molecule has 1 heterocycles. The Morgan fingerprint density at radius 1 is 1.09 bits per heavy atom. The maximum absolute atomic E-state index is 13.1. The minimum atomic E-state index is -0.547. The number of carbonyl (C=O) groups is 4. The maximum Gasteiger partial charge on any atom is 0.233 e. The lowest BCUT2D eigenvalue weighted by Gasteiger charge is -2.42. The van der Waals surface area contributed by atoms with E-state index in [-0.39, 0.29) is 47.2 Å². The summed E-state index contributed by atoms with van der Waals surface area (Å²) in [4.78, 5) is 53.1. The van der Waals surface area contributed by atoms with Gasteiger partial charge in [0.1, 0.15) is 0 Å². The molecule has 1 saturated heterocycles. The summed E-state index contributed by atoms with van der Waals surface area (Å²) in [7, 11) is 2.94. The number of phenolic OH excluding ortho intramolecular Hbond substituents is 1. The van der Waals surface area contributed by atoms with Crippen molar-refractivity contribution < 1.29 is 29.0 Å². The molecule has 32 heavy (non-hydrogen) atoms. The van der Waals surface area contributed by atoms with Gasteiger partial charge in [0.2, 0.25) is 11.8 Å². The SMILES string of the molecule is COc1cc([C@H]2C3=CC[C@@H]4C(=O)N(C)C(=O)[C@@H]4[C@@H]3CC3=C2C(=O)C=C(C)C3=O)ccc1O. The average molecular weight is 433 g/mol. The van der Waals surface area contributed by atoms with Crippen molar-refractivity contribution >= 4 is 23.4 Å². The number of phenols is 1. The molecule has 1 N–H and O–H groups in total. The first-order valence-corrected chi connectivity index (χ1v) is 10.6. The van der Waals surface area contributed by atoms with E-state index >= 15 is 0 Å². The number of nitrogens with zero attached hydrogens (tertiary/aromatic N) is 1. The number of Topliss-reactive ketones (excluding diaryl/α,β-unsaturated/α-hetero) is 1. The molecule has 1 aromatic rings. The predicted molar refractivity (Wildman–Crippen MR) is 114 cm³/mol. The van der Waals surface area contributed by atoms with Gasteiger partial charge in [0.05, 0.1) is 18.9 Å². The number of aromatic hydroxyl groups is 1. The first kappa shape index (κ1) is 20.4. The second kappa shape index (κ2) is 7.02. The standard InChI is InChI=1S/C25H23NO6/c1-11-8-18(28)22-16(23(11)29)10-15-13(5-6-14-21(15)25(31)26(2)24(14)30)20(22)12-4-7-17(27)19(9-12)32-3/h4-5,7-9,14-15,20-21,27H,6,10H2,1-3H3/t14-,15+,20-,21-/m0/s1. The number of hydrogen-bond acceptors (Lipinski definition) is 6. The number of benzene rings is 1. The molecule has 2 amide bonds. The molecule has 7 heteroatoms. The molecule has 1 aromatic carbocycles. The van der Waals surface area contributed by atoms with Gasteiger partial charge in [0.25, 0.3) is 0 Å². The van der Waals surface area contributed by atoms with Crippen LogP contribution in [-0.2, 0) is 19.2 Å². The van der Waals surface area contributed by atoms with E-state index in [1.54, 1.807) is 19.1 Å². The third-order valence-electron chi connectivity index (χ3n) is 7.32. The molecule has 0 saturated carbocycles. The lowest BCUT2D eigenvalue weighted by Crippen LogP contribution is -2.39. The van der Waals surface area contributed by atoms with E-state index < -0.39 is 17.8 Å². The van der Waals surface area contributed by atoms with Gasteiger partial charge >= 0.3 is 0 Å². The Labute approximate surface area is 185 Å². The number of hydrogen-bond donors (Lipinski definition) is 1. The van der Waals surface area contributed by atoms with Crippen molar-refractivity contribution in [1.29, 1.82) is 0 Å². The number of ether oxygens (including phenoxy) is 1. The topological polar surface area (TPSA) is 101 Å². The van der Waals surface area contributed by atoms with Crippen LogP contribution in [0.5, 0.6) is 11.5 Å². The molecule has 3 aliphatic carbocycles. The largest absolute Gasteiger partial charge is 0.504 e. The van der Waals surface area contributed by atoms with Crippen LogP contribution >= 0.6 is 0 Å². The minimum Gasteiger partial charge on any atom is -0.504 e. The molecule has 0 spiro atoms. The summed E-state index contributed by atoms with van der Waals surface area (Å²) in [6.45, 7) is 1.62. The third-order valence-corrected chi connectivity index (χ3v) is 7.32. The number of fused-ring (bicyclic) bond motifs is 3. The van der Waals surface area contributed by atoms with Crippen molar-refractivity contribution in [2.75, 3.05) is 14.2 Å². The van der Waals surface area contributed by atoms with Crippen LogP contribution in [0.2, 0.25) is 0 Å². The van der Waals surface area contributed by atoms with Crippen LogP contribution in [-0.4, -0.2) is 47.5 Å². The number of imide groups is 1. The maximum atomic E-state index is 13.1. The molecule has 0 unspecified atom stereocenters. The number of methoxy groups -OCH3 is 1. The van der Waals surface area contributed by atoms with Gasteiger partial charge in [-0.05, 0) is 49.5 Å². The Bertz CT molecular complexity index is 1200. The van der Waals surface area contributed by atoms with Crippen LogP contribution < -0.4 is 4.74 Å². The zero-order valence-electron chi connectivity index (χ0n) is 18.0. The van der Waals surface area contributed by atoms with E-state index in [2.05, 4.69) is 0 Å². The zero-order chi connectivity index (χ0) is 22.9. The number of carbonyl (C=O) groups excluding carboxylic acids is 4. The summed E-state index contributed by atoms with van der Waals surface area (Å²) in [5.74, 6) is -2.49. The number of ketones is 2. The van der Waals surface area contributed by atoms with Crippen LogP contribution in [0.25, 0.3) is 0 Å². The number of likely N-dealkylation sites (tertiary alicyclic amines) is 1. The van der Waals surface area contributed by atoms with Gasteiger partial charge in [0, 0.05) is 29.7 Å². The van der Waals surface area contributed by atoms with Crippen molar-refractivity contribution in [2.24, 2.45) is 17.8 Å². The molecule has 7 nitrogen and oxygen atoms in total. The highest BCUT2D eigenvalue weighted by molar-refractivity contribution is 6.23. The Hall–Kier alpha value is -3.48. The first-order valence-electron chi connectivity index (χ1n) is 10.6. The molecule has 4 aliphatic rings. The molecule has 5 rings (SSSR count). The quantitative estimate of drug-likeness (QED) is 0.437. The molecule has 0 radical (unpaired) electrons. The molecular formula is C25H23NO6. The van der Waals surface area contributed by atoms with Gasteiger partial charge in [-0.3, -0.25) is 24.1 Å². The van der Waals surface area contributed by atoms with Crippen LogP contribution in [0.1, 0.15) is 31.2 Å². The zero-order valence-corrected chi connectivity index (χ0v) is 18.0. The minimum absolute atomic E-state index is 0.0320. The summed E-state index contributed by atoms with van der Waals surface area (Å²) in [5.41, 5.74) is 2.79. The van der Waals surface area contributed by atoms with E-state index in [0.29, 0.717) is 28.7 Å². The number of allylic oxidation sites excluding steroid dienone is 6. The van der Waals surface area contributed by atoms with Crippen LogP contribution in [0, 0.1) is 17.8 Å². The van der Waals surface area contributed by atoms with Crippen LogP contribution in [0.15, 0.2) is 52.6 Å². The van der Waals surface area contributed by atoms with E-state index in [9.17, 15) is 24.3 Å². The van der Waals surface area contributed by atoms with Gasteiger partial charge in [0.15, 0.2) is 23.1 Å². The fourth-order valence-corrected chi connectivity index (χ4v) is 5.79. The fourth-order valence-electron chi connectivity index (χ4n) is 5.79. The van der Waals surface area contributed by atoms with Crippen LogP contribution in [0.3, 0.4) is 0 Å². The van der Waals surface area contributed by atoms with E-state index in [1.807, 2.05) is 6.08 Å². The molecule has 0 bridgehead atoms. The highest BCUT2D eigenvalue weighted by Crippen LogP contribution is 2.55. The summed E-state index contributed by atoms with van der Waals surface area (Å²) < 4.78 is 5.27. The normalized spacial score (nSPS) is 29.4. The lowest BCUT2D eigenvalue weighted by atomic mass is 9.59. The van der Waals surface area contributed by atoms with E-state index in [1.165, 1.54) is 31.2 Å². The second-order valence-electron chi connectivity index (χ2n) is 8.90. The van der Waals surface area contributed by atoms with Crippen molar-refractivity contribution in [2.45, 2.75) is 25.7 Å². The lowest BCUT2D eigenvalue weighted by molar-refractivity contribution is -0.138. The van der Waals surface area contributed by atoms with E-state index in [4.69, 9.17) is 4.74 Å². The van der Waals surface area contributed by atoms with Crippen molar-refractivity contribution in [3.8, 4) is 11.5 Å². The van der Waals surface area contributed by atoms with Gasteiger partial charge in [-0.1, -0.05) is 17.7 Å². The highest BCUT2D eigenvalue weighted by Gasteiger charge is 2.55. The predicted octanol–water partition coefficient (Wildman–Crippen LogP) is 2.46. The smallest absolute Gasteiger partial charge is 0.233 e. The monoisotopic (exact) mass is 433 g/mol. The van der Waals surface area contributed by atoms with Crippen molar-refractivity contribution in [1.82, 2.24) is 4.90 Å². The van der Waals surface area contributed by atoms with Gasteiger partial charge in [-0.2, -0.15) is 0 Å². The molecular weight excluding hydrogens is 410 g/mol. The Morgan fingerprint density at radius 3 is 2.56 bits per heavy atom. The number of rotatable bonds is 2. The number of amides is 2. The summed E-state index contributed by atoms with van der Waals surface area (Å²) in [6, 6.07) is 4.87. The van der Waals surface area contributed by atoms with Crippen LogP contribution in [0.4, 0.5) is 0 Å². The Kier molecular flexibility index (Phi) is 4.48. The molecule has 0 aromatic heterocycles. The molecule has 1 aliphatic heterocycles. The summed E-state index contributed by atoms with van der Waals surface area (Å²) in [6.07, 6.45) is 4.01. The van der Waals surface area contributed by atoms with Crippen molar-refractivity contribution in [3.63, 3.8) is 0 Å². The van der Waals surface area contributed by atoms with Gasteiger partial charge < -0.3 is 9.84 Å². The van der Waals surface area contributed by atoms with E-state index in [0.717, 1.165) is 5.57 Å².